The molecular formula is C18H28O8. The van der Waals surface area contributed by atoms with Crippen LogP contribution in [0.2, 0.25) is 0 Å². The molecule has 0 fully saturated rings. The van der Waals surface area contributed by atoms with E-state index in [2.05, 4.69) is 11.7 Å². The minimum absolute atomic E-state index is 0.253. The summed E-state index contributed by atoms with van der Waals surface area (Å²) in [5, 5.41) is 16.3. The van der Waals surface area contributed by atoms with Gasteiger partial charge in [-0.05, 0) is 13.3 Å². The number of carbonyl (C=O) groups excluding carboxylic acids is 2. The molecule has 0 aliphatic carbocycles. The number of carbonyl (C=O) groups is 4. The fraction of sp³-hybridized carbons (Fsp3) is 0.556. The lowest BCUT2D eigenvalue weighted by molar-refractivity contribution is -0.139. The molecule has 0 aliphatic heterocycles. The number of rotatable bonds is 12. The lowest BCUT2D eigenvalue weighted by Crippen LogP contribution is -2.03. The minimum Gasteiger partial charge on any atom is -0.478 e. The van der Waals surface area contributed by atoms with E-state index in [1.807, 2.05) is 0 Å². The lowest BCUT2D eigenvalue weighted by atomic mass is 10.1. The number of aliphatic carboxylic acids is 2. The molecule has 0 spiro atoms. The third kappa shape index (κ3) is 23.6. The zero-order valence-corrected chi connectivity index (χ0v) is 15.3. The van der Waals surface area contributed by atoms with Gasteiger partial charge in [-0.15, -0.1) is 0 Å². The maximum absolute atomic E-state index is 10.9. The summed E-state index contributed by atoms with van der Waals surface area (Å²) in [5.74, 6) is -3.52. The molecule has 26 heavy (non-hydrogen) atoms. The summed E-state index contributed by atoms with van der Waals surface area (Å²) >= 11 is 0. The molecule has 0 aliphatic rings. The topological polar surface area (TPSA) is 127 Å². The molecular weight excluding hydrogens is 344 g/mol. The van der Waals surface area contributed by atoms with Gasteiger partial charge in [-0.1, -0.05) is 39.0 Å². The average Bonchev–Trinajstić information content (AvgIpc) is 2.58. The molecule has 0 saturated heterocycles. The first-order chi connectivity index (χ1) is 12.3. The monoisotopic (exact) mass is 372 g/mol. The van der Waals surface area contributed by atoms with Gasteiger partial charge in [-0.2, -0.15) is 0 Å². The number of esters is 2. The van der Waals surface area contributed by atoms with Gasteiger partial charge in [0, 0.05) is 24.3 Å². The van der Waals surface area contributed by atoms with E-state index in [0.717, 1.165) is 43.6 Å². The van der Waals surface area contributed by atoms with Gasteiger partial charge < -0.3 is 19.7 Å². The van der Waals surface area contributed by atoms with Crippen LogP contribution in [0.3, 0.4) is 0 Å². The molecule has 0 rings (SSSR count). The van der Waals surface area contributed by atoms with Crippen LogP contribution in [0.25, 0.3) is 0 Å². The number of carboxylic acids is 2. The summed E-state index contributed by atoms with van der Waals surface area (Å²) in [5.41, 5.74) is 0. The molecule has 0 atom stereocenters. The third-order valence-corrected chi connectivity index (χ3v) is 2.75. The quantitative estimate of drug-likeness (QED) is 0.304. The Morgan fingerprint density at radius 3 is 1.62 bits per heavy atom. The highest BCUT2D eigenvalue weighted by Crippen LogP contribution is 2.04. The van der Waals surface area contributed by atoms with E-state index in [9.17, 15) is 19.2 Å². The SMILES string of the molecule is CCCCCCCCOC(=O)/C=C/C(=O)O.CCOC(=O)/C=C/C(=O)O. The van der Waals surface area contributed by atoms with Crippen molar-refractivity contribution in [2.45, 2.75) is 52.4 Å². The molecule has 0 aromatic heterocycles. The molecule has 0 saturated carbocycles. The van der Waals surface area contributed by atoms with Crippen LogP contribution in [0, 0.1) is 0 Å². The molecule has 0 aromatic rings. The zero-order chi connectivity index (χ0) is 20.2. The molecule has 0 amide bonds. The predicted molar refractivity (Wildman–Crippen MR) is 94.5 cm³/mol. The van der Waals surface area contributed by atoms with Crippen molar-refractivity contribution in [2.24, 2.45) is 0 Å². The molecule has 0 unspecified atom stereocenters. The zero-order valence-electron chi connectivity index (χ0n) is 15.3. The summed E-state index contributed by atoms with van der Waals surface area (Å²) in [6, 6.07) is 0. The van der Waals surface area contributed by atoms with Gasteiger partial charge in [0.1, 0.15) is 0 Å². The Hall–Kier alpha value is -2.64. The predicted octanol–water partition coefficient (Wildman–Crippen LogP) is 2.72. The van der Waals surface area contributed by atoms with Gasteiger partial charge in [0.15, 0.2) is 0 Å². The van der Waals surface area contributed by atoms with Gasteiger partial charge in [0.25, 0.3) is 0 Å². The summed E-state index contributed by atoms with van der Waals surface area (Å²) in [6.07, 6.45) is 10.1. The van der Waals surface area contributed by atoms with Crippen LogP contribution in [0.15, 0.2) is 24.3 Å². The van der Waals surface area contributed by atoms with E-state index < -0.39 is 23.9 Å². The van der Waals surface area contributed by atoms with Gasteiger partial charge in [-0.25, -0.2) is 19.2 Å². The Kier molecular flexibility index (Phi) is 18.4. The van der Waals surface area contributed by atoms with Crippen LogP contribution < -0.4 is 0 Å². The number of carboxylic acid groups (broad SMARTS) is 2. The number of unbranched alkanes of at least 4 members (excludes halogenated alkanes) is 5. The van der Waals surface area contributed by atoms with E-state index in [1.165, 1.54) is 19.3 Å². The van der Waals surface area contributed by atoms with E-state index in [-0.39, 0.29) is 6.61 Å². The fourth-order valence-electron chi connectivity index (χ4n) is 1.57. The van der Waals surface area contributed by atoms with Crippen LogP contribution in [-0.4, -0.2) is 47.3 Å². The average molecular weight is 372 g/mol. The molecule has 0 heterocycles. The second-order valence-corrected chi connectivity index (χ2v) is 5.03. The van der Waals surface area contributed by atoms with Crippen molar-refractivity contribution < 1.29 is 38.9 Å². The Bertz CT molecular complexity index is 480. The van der Waals surface area contributed by atoms with Crippen LogP contribution in [0.1, 0.15) is 52.4 Å². The molecule has 0 radical (unpaired) electrons. The highest BCUT2D eigenvalue weighted by Gasteiger charge is 1.98. The van der Waals surface area contributed by atoms with Crippen molar-refractivity contribution in [3.63, 3.8) is 0 Å². The number of ether oxygens (including phenoxy) is 2. The molecule has 148 valence electrons. The van der Waals surface area contributed by atoms with Gasteiger partial charge >= 0.3 is 23.9 Å². The van der Waals surface area contributed by atoms with E-state index in [1.54, 1.807) is 6.92 Å². The van der Waals surface area contributed by atoms with Crippen LogP contribution in [-0.2, 0) is 28.7 Å². The summed E-state index contributed by atoms with van der Waals surface area (Å²) in [4.78, 5) is 41.2. The summed E-state index contributed by atoms with van der Waals surface area (Å²) in [7, 11) is 0. The Balaban J connectivity index is 0. The largest absolute Gasteiger partial charge is 0.478 e. The first kappa shape index (κ1) is 25.6. The molecule has 8 nitrogen and oxygen atoms in total. The summed E-state index contributed by atoms with van der Waals surface area (Å²) < 4.78 is 9.21. The second-order valence-electron chi connectivity index (χ2n) is 5.03. The summed E-state index contributed by atoms with van der Waals surface area (Å²) in [6.45, 7) is 4.43. The maximum Gasteiger partial charge on any atom is 0.331 e. The highest BCUT2D eigenvalue weighted by molar-refractivity contribution is 5.91. The maximum atomic E-state index is 10.9. The van der Waals surface area contributed by atoms with Crippen molar-refractivity contribution in [1.29, 1.82) is 0 Å². The first-order valence-corrected chi connectivity index (χ1v) is 8.48. The van der Waals surface area contributed by atoms with Crippen molar-refractivity contribution in [2.75, 3.05) is 13.2 Å². The van der Waals surface area contributed by atoms with Gasteiger partial charge in [0.2, 0.25) is 0 Å². The number of hydrogen-bond donors (Lipinski definition) is 2. The van der Waals surface area contributed by atoms with Gasteiger partial charge in [0.05, 0.1) is 13.2 Å². The fourth-order valence-corrected chi connectivity index (χ4v) is 1.57. The van der Waals surface area contributed by atoms with Crippen LogP contribution in [0.4, 0.5) is 0 Å². The van der Waals surface area contributed by atoms with E-state index in [0.29, 0.717) is 6.61 Å². The van der Waals surface area contributed by atoms with Crippen molar-refractivity contribution in [3.05, 3.63) is 24.3 Å². The Morgan fingerprint density at radius 1 is 0.692 bits per heavy atom. The van der Waals surface area contributed by atoms with E-state index >= 15 is 0 Å². The standard InChI is InChI=1S/C12H20O4.C6H8O4/c1-2-3-4-5-6-7-10-16-12(15)9-8-11(13)14;1-2-10-6(9)4-3-5(7)8/h8-9H,2-7,10H2,1H3,(H,13,14);3-4H,2H2,1H3,(H,7,8)/b9-8+;4-3+. The molecule has 2 N–H and O–H groups in total. The van der Waals surface area contributed by atoms with Gasteiger partial charge in [-0.3, -0.25) is 0 Å². The normalized spacial score (nSPS) is 10.2. The highest BCUT2D eigenvalue weighted by atomic mass is 16.5. The number of hydrogen-bond acceptors (Lipinski definition) is 6. The van der Waals surface area contributed by atoms with Crippen molar-refractivity contribution >= 4 is 23.9 Å². The second kappa shape index (κ2) is 18.7. The Labute approximate surface area is 153 Å². The molecule has 0 aromatic carbocycles. The van der Waals surface area contributed by atoms with Crippen molar-refractivity contribution in [3.8, 4) is 0 Å². The van der Waals surface area contributed by atoms with Crippen molar-refractivity contribution in [1.82, 2.24) is 0 Å². The van der Waals surface area contributed by atoms with E-state index in [4.69, 9.17) is 14.9 Å². The molecule has 0 bridgehead atoms. The van der Waals surface area contributed by atoms with Crippen LogP contribution >= 0.6 is 0 Å². The third-order valence-electron chi connectivity index (χ3n) is 2.75. The van der Waals surface area contributed by atoms with Crippen LogP contribution in [0.5, 0.6) is 0 Å². The lowest BCUT2D eigenvalue weighted by Gasteiger charge is -2.01. The first-order valence-electron chi connectivity index (χ1n) is 8.48. The minimum atomic E-state index is -1.16. The Morgan fingerprint density at radius 2 is 1.15 bits per heavy atom. The molecule has 8 heteroatoms. The smallest absolute Gasteiger partial charge is 0.331 e.